The maximum Gasteiger partial charge on any atom is 0.239 e. The Labute approximate surface area is 79.1 Å². The molecule has 0 aromatic heterocycles. The van der Waals surface area contributed by atoms with Gasteiger partial charge in [0.1, 0.15) is 0 Å². The van der Waals surface area contributed by atoms with E-state index in [9.17, 15) is 4.79 Å². The highest BCUT2D eigenvalue weighted by Crippen LogP contribution is 2.14. The van der Waals surface area contributed by atoms with Crippen molar-refractivity contribution >= 4 is 5.91 Å². The van der Waals surface area contributed by atoms with Crippen LogP contribution in [0.3, 0.4) is 0 Å². The molecule has 0 spiro atoms. The van der Waals surface area contributed by atoms with Crippen molar-refractivity contribution in [1.82, 2.24) is 9.80 Å². The third kappa shape index (κ3) is 2.19. The zero-order valence-electron chi connectivity index (χ0n) is 8.36. The van der Waals surface area contributed by atoms with E-state index in [4.69, 9.17) is 5.11 Å². The van der Waals surface area contributed by atoms with E-state index in [1.54, 1.807) is 4.90 Å². The molecule has 0 bridgehead atoms. The third-order valence-corrected chi connectivity index (χ3v) is 2.63. The topological polar surface area (TPSA) is 43.8 Å². The summed E-state index contributed by atoms with van der Waals surface area (Å²) in [5.74, 6) is 0.190. The molecular weight excluding hydrogens is 168 g/mol. The van der Waals surface area contributed by atoms with Gasteiger partial charge in [0.15, 0.2) is 0 Å². The van der Waals surface area contributed by atoms with Crippen molar-refractivity contribution in [2.75, 3.05) is 33.3 Å². The van der Waals surface area contributed by atoms with Crippen molar-refractivity contribution in [2.24, 2.45) is 0 Å². The number of aliphatic hydroxyl groups is 1. The van der Waals surface area contributed by atoms with Crippen LogP contribution in [0.2, 0.25) is 0 Å². The van der Waals surface area contributed by atoms with Crippen LogP contribution in [0.1, 0.15) is 13.3 Å². The van der Waals surface area contributed by atoms with Crippen LogP contribution in [0.4, 0.5) is 0 Å². The van der Waals surface area contributed by atoms with Crippen molar-refractivity contribution in [2.45, 2.75) is 19.4 Å². The molecule has 0 radical (unpaired) electrons. The summed E-state index contributed by atoms with van der Waals surface area (Å²) in [7, 11) is 1.83. The van der Waals surface area contributed by atoms with Gasteiger partial charge >= 0.3 is 0 Å². The molecular formula is C9H18N2O2. The van der Waals surface area contributed by atoms with Crippen LogP contribution in [0.5, 0.6) is 0 Å². The van der Waals surface area contributed by atoms with Crippen LogP contribution >= 0.6 is 0 Å². The maximum atomic E-state index is 11.6. The van der Waals surface area contributed by atoms with Crippen LogP contribution in [0.15, 0.2) is 0 Å². The van der Waals surface area contributed by atoms with E-state index in [0.29, 0.717) is 6.54 Å². The van der Waals surface area contributed by atoms with Crippen LogP contribution in [0, 0.1) is 0 Å². The molecule has 1 amide bonds. The average Bonchev–Trinajstić information content (AvgIpc) is 2.45. The smallest absolute Gasteiger partial charge is 0.239 e. The molecule has 1 aliphatic heterocycles. The van der Waals surface area contributed by atoms with Crippen LogP contribution in [0.25, 0.3) is 0 Å². The summed E-state index contributed by atoms with van der Waals surface area (Å²) in [6, 6.07) is 0.00199. The molecule has 0 saturated carbocycles. The standard InChI is InChI=1S/C9H18N2O2/c1-3-11(6-7-12)8-4-5-10(2)9(8)13/h8,12H,3-7H2,1-2H3. The number of hydrogen-bond acceptors (Lipinski definition) is 3. The highest BCUT2D eigenvalue weighted by molar-refractivity contribution is 5.83. The van der Waals surface area contributed by atoms with Gasteiger partial charge in [0.2, 0.25) is 5.91 Å². The average molecular weight is 186 g/mol. The fourth-order valence-corrected chi connectivity index (χ4v) is 1.81. The molecule has 0 aliphatic carbocycles. The van der Waals surface area contributed by atoms with E-state index in [1.165, 1.54) is 0 Å². The normalized spacial score (nSPS) is 23.2. The number of likely N-dealkylation sites (N-methyl/N-ethyl adjacent to an activating group) is 2. The number of aliphatic hydroxyl groups excluding tert-OH is 1. The fraction of sp³-hybridized carbons (Fsp3) is 0.889. The van der Waals surface area contributed by atoms with Gasteiger partial charge in [-0.1, -0.05) is 6.92 Å². The van der Waals surface area contributed by atoms with Gasteiger partial charge in [0.25, 0.3) is 0 Å². The molecule has 4 nitrogen and oxygen atoms in total. The number of rotatable bonds is 4. The Morgan fingerprint density at radius 1 is 1.69 bits per heavy atom. The summed E-state index contributed by atoms with van der Waals surface area (Å²) in [5, 5.41) is 8.81. The van der Waals surface area contributed by atoms with Gasteiger partial charge in [-0.3, -0.25) is 9.69 Å². The third-order valence-electron chi connectivity index (χ3n) is 2.63. The van der Waals surface area contributed by atoms with E-state index in [1.807, 2.05) is 18.9 Å². The Bertz CT molecular complexity index is 184. The number of carbonyl (C=O) groups excluding carboxylic acids is 1. The molecule has 1 fully saturated rings. The minimum atomic E-state index is 0.00199. The predicted molar refractivity (Wildman–Crippen MR) is 50.4 cm³/mol. The molecule has 13 heavy (non-hydrogen) atoms. The second-order valence-corrected chi connectivity index (χ2v) is 3.42. The number of nitrogens with zero attached hydrogens (tertiary/aromatic N) is 2. The molecule has 1 saturated heterocycles. The van der Waals surface area contributed by atoms with Gasteiger partial charge in [-0.2, -0.15) is 0 Å². The number of carbonyl (C=O) groups is 1. The molecule has 0 aromatic rings. The first-order valence-electron chi connectivity index (χ1n) is 4.80. The summed E-state index contributed by atoms with van der Waals surface area (Å²) in [5.41, 5.74) is 0. The lowest BCUT2D eigenvalue weighted by Crippen LogP contribution is -2.42. The van der Waals surface area contributed by atoms with Gasteiger partial charge in [0.05, 0.1) is 12.6 Å². The van der Waals surface area contributed by atoms with Crippen LogP contribution < -0.4 is 0 Å². The molecule has 4 heteroatoms. The lowest BCUT2D eigenvalue weighted by Gasteiger charge is -2.24. The number of hydrogen-bond donors (Lipinski definition) is 1. The van der Waals surface area contributed by atoms with Crippen molar-refractivity contribution in [3.63, 3.8) is 0 Å². The molecule has 1 unspecified atom stereocenters. The highest BCUT2D eigenvalue weighted by Gasteiger charge is 2.32. The van der Waals surface area contributed by atoms with E-state index in [0.717, 1.165) is 19.5 Å². The molecule has 1 aliphatic rings. The summed E-state index contributed by atoms with van der Waals surface area (Å²) >= 11 is 0. The Kier molecular flexibility index (Phi) is 3.69. The van der Waals surface area contributed by atoms with Gasteiger partial charge in [0, 0.05) is 20.1 Å². The maximum absolute atomic E-state index is 11.6. The molecule has 1 N–H and O–H groups in total. The summed E-state index contributed by atoms with van der Waals surface area (Å²) in [4.78, 5) is 15.4. The zero-order valence-corrected chi connectivity index (χ0v) is 8.36. The first-order chi connectivity index (χ1) is 6.20. The lowest BCUT2D eigenvalue weighted by molar-refractivity contribution is -0.131. The quantitative estimate of drug-likeness (QED) is 0.645. The molecule has 1 heterocycles. The van der Waals surface area contributed by atoms with Crippen LogP contribution in [-0.2, 0) is 4.79 Å². The van der Waals surface area contributed by atoms with E-state index in [-0.39, 0.29) is 18.6 Å². The Balaban J connectivity index is 2.54. The van der Waals surface area contributed by atoms with Crippen molar-refractivity contribution < 1.29 is 9.90 Å². The van der Waals surface area contributed by atoms with E-state index in [2.05, 4.69) is 0 Å². The van der Waals surface area contributed by atoms with Gasteiger partial charge in [-0.25, -0.2) is 0 Å². The summed E-state index contributed by atoms with van der Waals surface area (Å²) in [6.45, 7) is 4.40. The SMILES string of the molecule is CCN(CCO)C1CCN(C)C1=O. The number of amides is 1. The lowest BCUT2D eigenvalue weighted by atomic mass is 10.2. The minimum Gasteiger partial charge on any atom is -0.395 e. The first-order valence-corrected chi connectivity index (χ1v) is 4.80. The highest BCUT2D eigenvalue weighted by atomic mass is 16.3. The predicted octanol–water partition coefficient (Wildman–Crippen LogP) is -0.469. The largest absolute Gasteiger partial charge is 0.395 e. The van der Waals surface area contributed by atoms with Crippen molar-refractivity contribution in [3.8, 4) is 0 Å². The van der Waals surface area contributed by atoms with Gasteiger partial charge < -0.3 is 10.0 Å². The van der Waals surface area contributed by atoms with E-state index >= 15 is 0 Å². The second-order valence-electron chi connectivity index (χ2n) is 3.42. The minimum absolute atomic E-state index is 0.00199. The Morgan fingerprint density at radius 2 is 2.38 bits per heavy atom. The van der Waals surface area contributed by atoms with Gasteiger partial charge in [-0.05, 0) is 13.0 Å². The second kappa shape index (κ2) is 4.58. The fourth-order valence-electron chi connectivity index (χ4n) is 1.81. The number of likely N-dealkylation sites (tertiary alicyclic amines) is 1. The van der Waals surface area contributed by atoms with Crippen molar-refractivity contribution in [3.05, 3.63) is 0 Å². The first kappa shape index (κ1) is 10.5. The zero-order chi connectivity index (χ0) is 9.84. The van der Waals surface area contributed by atoms with Crippen LogP contribution in [-0.4, -0.2) is 60.1 Å². The molecule has 0 aromatic carbocycles. The Morgan fingerprint density at radius 3 is 2.77 bits per heavy atom. The van der Waals surface area contributed by atoms with E-state index < -0.39 is 0 Å². The molecule has 76 valence electrons. The Hall–Kier alpha value is -0.610. The molecule has 1 atom stereocenters. The summed E-state index contributed by atoms with van der Waals surface area (Å²) in [6.07, 6.45) is 0.892. The van der Waals surface area contributed by atoms with Crippen molar-refractivity contribution in [1.29, 1.82) is 0 Å². The molecule has 1 rings (SSSR count). The summed E-state index contributed by atoms with van der Waals surface area (Å²) < 4.78 is 0. The van der Waals surface area contributed by atoms with Gasteiger partial charge in [-0.15, -0.1) is 0 Å². The monoisotopic (exact) mass is 186 g/mol.